The van der Waals surface area contributed by atoms with Crippen LogP contribution in [0, 0.1) is 5.92 Å². The quantitative estimate of drug-likeness (QED) is 0.810. The number of piperidine rings is 1. The van der Waals surface area contributed by atoms with Crippen molar-refractivity contribution in [3.05, 3.63) is 30.7 Å². The van der Waals surface area contributed by atoms with Gasteiger partial charge in [-0.3, -0.25) is 4.79 Å². The Labute approximate surface area is 159 Å². The van der Waals surface area contributed by atoms with Crippen LogP contribution in [0.3, 0.4) is 0 Å². The van der Waals surface area contributed by atoms with Crippen molar-refractivity contribution in [3.8, 4) is 0 Å². The van der Waals surface area contributed by atoms with E-state index in [1.54, 1.807) is 6.33 Å². The molecule has 4 rings (SSSR count). The van der Waals surface area contributed by atoms with E-state index in [1.165, 1.54) is 11.6 Å². The summed E-state index contributed by atoms with van der Waals surface area (Å²) in [5, 5.41) is 4.69. The Morgan fingerprint density at radius 1 is 1.37 bits per heavy atom. The Bertz CT molecular complexity index is 827. The zero-order chi connectivity index (χ0) is 18.8. The van der Waals surface area contributed by atoms with E-state index in [1.807, 2.05) is 4.90 Å². The molecule has 0 unspecified atom stereocenters. The lowest BCUT2D eigenvalue weighted by atomic mass is 9.91. The second kappa shape index (κ2) is 7.68. The van der Waals surface area contributed by atoms with Crippen molar-refractivity contribution in [2.24, 2.45) is 5.92 Å². The van der Waals surface area contributed by atoms with E-state index in [0.29, 0.717) is 18.4 Å². The summed E-state index contributed by atoms with van der Waals surface area (Å²) in [5.74, 6) is 1.76. The number of H-pyrrole nitrogens is 1. The fraction of sp³-hybridized carbons (Fsp3) is 0.550. The number of hydrogen-bond acceptors (Lipinski definition) is 5. The monoisotopic (exact) mass is 369 g/mol. The second-order valence-electron chi connectivity index (χ2n) is 7.58. The number of carbonyl (C=O) groups is 1. The molecule has 0 radical (unpaired) electrons. The van der Waals surface area contributed by atoms with Crippen molar-refractivity contribution in [2.75, 3.05) is 31.6 Å². The molecule has 7 nitrogen and oxygen atoms in total. The SMILES string of the molecule is C=CC(=O)N1CC[C@@H](C)[C@@H](Nc2ncnc3[nH]cc(C4CCOCC4)c23)C1. The van der Waals surface area contributed by atoms with Crippen LogP contribution >= 0.6 is 0 Å². The maximum Gasteiger partial charge on any atom is 0.246 e. The number of nitrogens with zero attached hydrogens (tertiary/aromatic N) is 3. The van der Waals surface area contributed by atoms with Gasteiger partial charge in [0.05, 0.1) is 5.39 Å². The minimum atomic E-state index is -0.00827. The van der Waals surface area contributed by atoms with E-state index in [-0.39, 0.29) is 11.9 Å². The Balaban J connectivity index is 1.62. The largest absolute Gasteiger partial charge is 0.381 e. The highest BCUT2D eigenvalue weighted by atomic mass is 16.5. The van der Waals surface area contributed by atoms with E-state index in [9.17, 15) is 4.79 Å². The van der Waals surface area contributed by atoms with Gasteiger partial charge in [0.25, 0.3) is 0 Å². The highest BCUT2D eigenvalue weighted by Gasteiger charge is 2.29. The van der Waals surface area contributed by atoms with Crippen molar-refractivity contribution in [2.45, 2.75) is 38.1 Å². The molecule has 2 saturated heterocycles. The number of aromatic nitrogens is 3. The van der Waals surface area contributed by atoms with Crippen LogP contribution in [0.4, 0.5) is 5.82 Å². The number of amides is 1. The van der Waals surface area contributed by atoms with Crippen molar-refractivity contribution in [1.29, 1.82) is 0 Å². The maximum absolute atomic E-state index is 12.0. The van der Waals surface area contributed by atoms with Gasteiger partial charge >= 0.3 is 0 Å². The fourth-order valence-electron chi connectivity index (χ4n) is 4.19. The van der Waals surface area contributed by atoms with Gasteiger partial charge in [-0.1, -0.05) is 13.5 Å². The zero-order valence-corrected chi connectivity index (χ0v) is 15.8. The van der Waals surface area contributed by atoms with Gasteiger partial charge in [-0.2, -0.15) is 0 Å². The fourth-order valence-corrected chi connectivity index (χ4v) is 4.19. The Hall–Kier alpha value is -2.41. The number of anilines is 1. The van der Waals surface area contributed by atoms with Crippen LogP contribution in [0.15, 0.2) is 25.2 Å². The number of likely N-dealkylation sites (tertiary alicyclic amines) is 1. The summed E-state index contributed by atoms with van der Waals surface area (Å²) < 4.78 is 5.52. The van der Waals surface area contributed by atoms with Crippen molar-refractivity contribution < 1.29 is 9.53 Å². The summed E-state index contributed by atoms with van der Waals surface area (Å²) in [6.07, 6.45) is 8.05. The standard InChI is InChI=1S/C20H27N5O2/c1-3-17(26)25-7-4-13(2)16(11-25)24-20-18-15(14-5-8-27-9-6-14)10-21-19(18)22-12-23-20/h3,10,12-14,16H,1,4-9,11H2,2H3,(H2,21,22,23,24)/t13-,16+/m1/s1. The Kier molecular flexibility index (Phi) is 5.11. The van der Waals surface area contributed by atoms with Gasteiger partial charge < -0.3 is 19.9 Å². The van der Waals surface area contributed by atoms with Crippen molar-refractivity contribution in [1.82, 2.24) is 19.9 Å². The molecule has 4 heterocycles. The van der Waals surface area contributed by atoms with Gasteiger partial charge in [-0.25, -0.2) is 9.97 Å². The molecule has 2 fully saturated rings. The molecule has 2 aliphatic rings. The third-order valence-electron chi connectivity index (χ3n) is 5.93. The molecule has 7 heteroatoms. The number of rotatable bonds is 4. The normalized spacial score (nSPS) is 24.1. The van der Waals surface area contributed by atoms with E-state index in [2.05, 4.69) is 40.0 Å². The van der Waals surface area contributed by atoms with E-state index < -0.39 is 0 Å². The molecule has 0 aromatic carbocycles. The molecule has 27 heavy (non-hydrogen) atoms. The molecule has 0 saturated carbocycles. The molecule has 2 atom stereocenters. The lowest BCUT2D eigenvalue weighted by Crippen LogP contribution is -2.48. The predicted molar refractivity (Wildman–Crippen MR) is 105 cm³/mol. The van der Waals surface area contributed by atoms with Crippen LogP contribution in [-0.4, -0.2) is 58.1 Å². The van der Waals surface area contributed by atoms with Crippen LogP contribution in [0.5, 0.6) is 0 Å². The highest BCUT2D eigenvalue weighted by molar-refractivity contribution is 5.91. The van der Waals surface area contributed by atoms with Crippen LogP contribution in [0.1, 0.15) is 37.7 Å². The smallest absolute Gasteiger partial charge is 0.246 e. The van der Waals surface area contributed by atoms with Crippen molar-refractivity contribution >= 4 is 22.8 Å². The molecular formula is C20H27N5O2. The molecule has 144 valence electrons. The first-order chi connectivity index (χ1) is 13.2. The van der Waals surface area contributed by atoms with Crippen LogP contribution in [0.2, 0.25) is 0 Å². The molecule has 2 aromatic heterocycles. The lowest BCUT2D eigenvalue weighted by molar-refractivity contribution is -0.127. The third-order valence-corrected chi connectivity index (χ3v) is 5.93. The minimum absolute atomic E-state index is 0.00827. The second-order valence-corrected chi connectivity index (χ2v) is 7.58. The van der Waals surface area contributed by atoms with Gasteiger partial charge in [0, 0.05) is 38.5 Å². The summed E-state index contributed by atoms with van der Waals surface area (Å²) >= 11 is 0. The Morgan fingerprint density at radius 3 is 2.96 bits per heavy atom. The van der Waals surface area contributed by atoms with E-state index in [0.717, 1.165) is 55.9 Å². The number of nitrogens with one attached hydrogen (secondary N) is 2. The topological polar surface area (TPSA) is 83.1 Å². The summed E-state index contributed by atoms with van der Waals surface area (Å²) in [6, 6.07) is 0.151. The number of aromatic amines is 1. The van der Waals surface area contributed by atoms with Crippen LogP contribution < -0.4 is 5.32 Å². The Morgan fingerprint density at radius 2 is 2.19 bits per heavy atom. The van der Waals surface area contributed by atoms with Crippen LogP contribution in [-0.2, 0) is 9.53 Å². The van der Waals surface area contributed by atoms with Gasteiger partial charge in [-0.05, 0) is 42.7 Å². The number of fused-ring (bicyclic) bond motifs is 1. The van der Waals surface area contributed by atoms with E-state index in [4.69, 9.17) is 4.74 Å². The highest BCUT2D eigenvalue weighted by Crippen LogP contribution is 2.35. The number of carbonyl (C=O) groups excluding carboxylic acids is 1. The molecule has 2 N–H and O–H groups in total. The molecular weight excluding hydrogens is 342 g/mol. The van der Waals surface area contributed by atoms with Gasteiger partial charge in [-0.15, -0.1) is 0 Å². The average molecular weight is 369 g/mol. The van der Waals surface area contributed by atoms with Gasteiger partial charge in [0.1, 0.15) is 17.8 Å². The maximum atomic E-state index is 12.0. The first-order valence-corrected chi connectivity index (χ1v) is 9.75. The van der Waals surface area contributed by atoms with Gasteiger partial charge in [0.2, 0.25) is 5.91 Å². The number of hydrogen-bond donors (Lipinski definition) is 2. The first-order valence-electron chi connectivity index (χ1n) is 9.75. The van der Waals surface area contributed by atoms with Crippen LogP contribution in [0.25, 0.3) is 11.0 Å². The molecule has 2 aliphatic heterocycles. The predicted octanol–water partition coefficient (Wildman–Crippen LogP) is 2.69. The molecule has 0 spiro atoms. The third kappa shape index (κ3) is 3.56. The lowest BCUT2D eigenvalue weighted by Gasteiger charge is -2.37. The van der Waals surface area contributed by atoms with Crippen molar-refractivity contribution in [3.63, 3.8) is 0 Å². The molecule has 2 aromatic rings. The molecule has 1 amide bonds. The molecule has 0 aliphatic carbocycles. The summed E-state index contributed by atoms with van der Waals surface area (Å²) in [7, 11) is 0. The summed E-state index contributed by atoms with van der Waals surface area (Å²) in [6.45, 7) is 8.87. The van der Waals surface area contributed by atoms with E-state index >= 15 is 0 Å². The average Bonchev–Trinajstić information content (AvgIpc) is 3.15. The summed E-state index contributed by atoms with van der Waals surface area (Å²) in [4.78, 5) is 26.2. The minimum Gasteiger partial charge on any atom is -0.381 e. The zero-order valence-electron chi connectivity index (χ0n) is 15.8. The number of ether oxygens (including phenoxy) is 1. The summed E-state index contributed by atoms with van der Waals surface area (Å²) in [5.41, 5.74) is 2.12. The van der Waals surface area contributed by atoms with Gasteiger partial charge in [0.15, 0.2) is 0 Å². The molecule has 0 bridgehead atoms. The first kappa shape index (κ1) is 18.0.